The number of carbonyl (C=O) groups is 1. The molecule has 0 amide bonds. The number of carbonyl (C=O) groups excluding carboxylic acids is 1. The molecule has 0 aromatic heterocycles. The minimum absolute atomic E-state index is 0.0682. The molecule has 1 rings (SSSR count). The summed E-state index contributed by atoms with van der Waals surface area (Å²) in [5.74, 6) is 0.417. The third kappa shape index (κ3) is 3.09. The van der Waals surface area contributed by atoms with E-state index in [1.807, 2.05) is 0 Å². The fourth-order valence-corrected chi connectivity index (χ4v) is 1.85. The van der Waals surface area contributed by atoms with Crippen LogP contribution in [0.2, 0.25) is 0 Å². The SMILES string of the molecule is CCCCCN1CCC(C)(C)C(=O)C1. The Labute approximate surface area is 87.7 Å². The summed E-state index contributed by atoms with van der Waals surface area (Å²) in [5.41, 5.74) is -0.0682. The van der Waals surface area contributed by atoms with Gasteiger partial charge in [-0.05, 0) is 25.9 Å². The van der Waals surface area contributed by atoms with Crippen LogP contribution in [0, 0.1) is 5.41 Å². The van der Waals surface area contributed by atoms with Crippen molar-refractivity contribution < 1.29 is 4.79 Å². The van der Waals surface area contributed by atoms with Gasteiger partial charge >= 0.3 is 0 Å². The van der Waals surface area contributed by atoms with Crippen molar-refractivity contribution in [1.82, 2.24) is 4.90 Å². The quantitative estimate of drug-likeness (QED) is 0.645. The van der Waals surface area contributed by atoms with Crippen molar-refractivity contribution in [3.8, 4) is 0 Å². The molecule has 0 radical (unpaired) electrons. The monoisotopic (exact) mass is 197 g/mol. The molecule has 0 unspecified atom stereocenters. The van der Waals surface area contributed by atoms with E-state index in [2.05, 4.69) is 25.7 Å². The molecular weight excluding hydrogens is 174 g/mol. The molecule has 0 bridgehead atoms. The standard InChI is InChI=1S/C12H23NO/c1-4-5-6-8-13-9-7-12(2,3)11(14)10-13/h4-10H2,1-3H3. The first kappa shape index (κ1) is 11.7. The Hall–Kier alpha value is -0.370. The molecule has 0 aromatic carbocycles. The molecule has 1 heterocycles. The Morgan fingerprint density at radius 2 is 2.07 bits per heavy atom. The highest BCUT2D eigenvalue weighted by Crippen LogP contribution is 2.26. The molecule has 0 spiro atoms. The second-order valence-corrected chi connectivity index (χ2v) is 5.04. The summed E-state index contributed by atoms with van der Waals surface area (Å²) >= 11 is 0. The van der Waals surface area contributed by atoms with Gasteiger partial charge in [-0.1, -0.05) is 33.6 Å². The largest absolute Gasteiger partial charge is 0.298 e. The Morgan fingerprint density at radius 3 is 2.64 bits per heavy atom. The normalized spacial score (nSPS) is 22.6. The van der Waals surface area contributed by atoms with Gasteiger partial charge in [-0.25, -0.2) is 0 Å². The first-order chi connectivity index (χ1) is 6.56. The summed E-state index contributed by atoms with van der Waals surface area (Å²) in [6, 6.07) is 0. The average molecular weight is 197 g/mol. The zero-order valence-corrected chi connectivity index (χ0v) is 9.81. The topological polar surface area (TPSA) is 20.3 Å². The van der Waals surface area contributed by atoms with Crippen molar-refractivity contribution in [2.24, 2.45) is 5.41 Å². The van der Waals surface area contributed by atoms with Gasteiger partial charge in [-0.15, -0.1) is 0 Å². The molecular formula is C12H23NO. The van der Waals surface area contributed by atoms with Gasteiger partial charge in [0, 0.05) is 5.41 Å². The summed E-state index contributed by atoms with van der Waals surface area (Å²) < 4.78 is 0. The molecule has 0 N–H and O–H groups in total. The van der Waals surface area contributed by atoms with Crippen LogP contribution in [0.4, 0.5) is 0 Å². The summed E-state index contributed by atoms with van der Waals surface area (Å²) in [7, 11) is 0. The predicted molar refractivity (Wildman–Crippen MR) is 59.4 cm³/mol. The molecule has 2 nitrogen and oxygen atoms in total. The van der Waals surface area contributed by atoms with Crippen LogP contribution >= 0.6 is 0 Å². The van der Waals surface area contributed by atoms with Crippen molar-refractivity contribution >= 4 is 5.78 Å². The minimum atomic E-state index is -0.0682. The zero-order valence-electron chi connectivity index (χ0n) is 9.81. The summed E-state index contributed by atoms with van der Waals surface area (Å²) in [6.07, 6.45) is 4.81. The second kappa shape index (κ2) is 4.92. The van der Waals surface area contributed by atoms with E-state index in [0.717, 1.165) is 19.5 Å². The number of hydrogen-bond acceptors (Lipinski definition) is 2. The summed E-state index contributed by atoms with van der Waals surface area (Å²) in [5, 5.41) is 0. The van der Waals surface area contributed by atoms with Crippen LogP contribution in [-0.4, -0.2) is 30.3 Å². The molecule has 2 heteroatoms. The highest BCUT2D eigenvalue weighted by Gasteiger charge is 2.33. The average Bonchev–Trinajstić information content (AvgIpc) is 2.12. The van der Waals surface area contributed by atoms with Gasteiger partial charge < -0.3 is 0 Å². The first-order valence-corrected chi connectivity index (χ1v) is 5.82. The van der Waals surface area contributed by atoms with Crippen molar-refractivity contribution in [2.45, 2.75) is 46.5 Å². The van der Waals surface area contributed by atoms with E-state index in [0.29, 0.717) is 12.3 Å². The van der Waals surface area contributed by atoms with Crippen LogP contribution in [0.25, 0.3) is 0 Å². The maximum atomic E-state index is 11.7. The van der Waals surface area contributed by atoms with Crippen molar-refractivity contribution in [3.05, 3.63) is 0 Å². The smallest absolute Gasteiger partial charge is 0.152 e. The lowest BCUT2D eigenvalue weighted by Crippen LogP contribution is -2.45. The molecule has 1 fully saturated rings. The van der Waals surface area contributed by atoms with Gasteiger partial charge in [-0.2, -0.15) is 0 Å². The van der Waals surface area contributed by atoms with Crippen LogP contribution in [-0.2, 0) is 4.79 Å². The number of piperidine rings is 1. The molecule has 0 atom stereocenters. The fraction of sp³-hybridized carbons (Fsp3) is 0.917. The molecule has 0 saturated carbocycles. The van der Waals surface area contributed by atoms with Gasteiger partial charge in [0.25, 0.3) is 0 Å². The summed E-state index contributed by atoms with van der Waals surface area (Å²) in [6.45, 7) is 9.23. The van der Waals surface area contributed by atoms with E-state index in [4.69, 9.17) is 0 Å². The number of nitrogens with zero attached hydrogens (tertiary/aromatic N) is 1. The second-order valence-electron chi connectivity index (χ2n) is 5.04. The Kier molecular flexibility index (Phi) is 4.11. The Balaban J connectivity index is 2.29. The summed E-state index contributed by atoms with van der Waals surface area (Å²) in [4.78, 5) is 14.0. The molecule has 1 aliphatic rings. The molecule has 1 aliphatic heterocycles. The molecule has 82 valence electrons. The third-order valence-electron chi connectivity index (χ3n) is 3.25. The highest BCUT2D eigenvalue weighted by molar-refractivity contribution is 5.86. The van der Waals surface area contributed by atoms with Crippen LogP contribution in [0.1, 0.15) is 46.5 Å². The van der Waals surface area contributed by atoms with E-state index in [-0.39, 0.29) is 5.41 Å². The van der Waals surface area contributed by atoms with E-state index < -0.39 is 0 Å². The van der Waals surface area contributed by atoms with E-state index in [1.165, 1.54) is 19.3 Å². The van der Waals surface area contributed by atoms with Crippen LogP contribution < -0.4 is 0 Å². The number of rotatable bonds is 4. The number of hydrogen-bond donors (Lipinski definition) is 0. The first-order valence-electron chi connectivity index (χ1n) is 5.82. The van der Waals surface area contributed by atoms with Crippen LogP contribution in [0.5, 0.6) is 0 Å². The lowest BCUT2D eigenvalue weighted by Gasteiger charge is -2.35. The maximum absolute atomic E-state index is 11.7. The van der Waals surface area contributed by atoms with Crippen molar-refractivity contribution in [2.75, 3.05) is 19.6 Å². The number of ketones is 1. The Morgan fingerprint density at radius 1 is 1.36 bits per heavy atom. The number of unbranched alkanes of at least 4 members (excludes halogenated alkanes) is 2. The molecule has 1 saturated heterocycles. The fourth-order valence-electron chi connectivity index (χ4n) is 1.85. The minimum Gasteiger partial charge on any atom is -0.298 e. The lowest BCUT2D eigenvalue weighted by atomic mass is 9.81. The van der Waals surface area contributed by atoms with Crippen molar-refractivity contribution in [3.63, 3.8) is 0 Å². The van der Waals surface area contributed by atoms with Crippen LogP contribution in [0.3, 0.4) is 0 Å². The number of Topliss-reactive ketones (excluding diaryl/α,β-unsaturated/α-hetero) is 1. The maximum Gasteiger partial charge on any atom is 0.152 e. The van der Waals surface area contributed by atoms with E-state index in [9.17, 15) is 4.79 Å². The van der Waals surface area contributed by atoms with Crippen LogP contribution in [0.15, 0.2) is 0 Å². The Bertz CT molecular complexity index is 198. The van der Waals surface area contributed by atoms with Gasteiger partial charge in [0.15, 0.2) is 5.78 Å². The molecule has 0 aromatic rings. The molecule has 14 heavy (non-hydrogen) atoms. The lowest BCUT2D eigenvalue weighted by molar-refractivity contribution is -0.131. The number of likely N-dealkylation sites (tertiary alicyclic amines) is 1. The van der Waals surface area contributed by atoms with E-state index in [1.54, 1.807) is 0 Å². The van der Waals surface area contributed by atoms with Gasteiger partial charge in [0.1, 0.15) is 0 Å². The van der Waals surface area contributed by atoms with Gasteiger partial charge in [0.05, 0.1) is 6.54 Å². The molecule has 0 aliphatic carbocycles. The van der Waals surface area contributed by atoms with Gasteiger partial charge in [-0.3, -0.25) is 9.69 Å². The van der Waals surface area contributed by atoms with Gasteiger partial charge in [0.2, 0.25) is 0 Å². The third-order valence-corrected chi connectivity index (χ3v) is 3.25. The zero-order chi connectivity index (χ0) is 10.6. The highest BCUT2D eigenvalue weighted by atomic mass is 16.1. The predicted octanol–water partition coefficient (Wildman–Crippen LogP) is 2.48. The van der Waals surface area contributed by atoms with E-state index >= 15 is 0 Å². The van der Waals surface area contributed by atoms with Crippen molar-refractivity contribution in [1.29, 1.82) is 0 Å².